The number of rotatable bonds is 1. The summed E-state index contributed by atoms with van der Waals surface area (Å²) < 4.78 is 5.11. The van der Waals surface area contributed by atoms with Crippen molar-refractivity contribution in [1.29, 1.82) is 0 Å². The highest BCUT2D eigenvalue weighted by Gasteiger charge is 2.66. The van der Waals surface area contributed by atoms with Gasteiger partial charge in [0.05, 0.1) is 11.3 Å². The normalized spacial score (nSPS) is 43.8. The van der Waals surface area contributed by atoms with Gasteiger partial charge >= 0.3 is 5.97 Å². The first kappa shape index (κ1) is 12.9. The number of cyclic esters (lactones) is 1. The van der Waals surface area contributed by atoms with Gasteiger partial charge in [-0.05, 0) is 36.2 Å². The fraction of sp³-hybridized carbons (Fsp3) is 0.733. The van der Waals surface area contributed by atoms with Gasteiger partial charge in [0.25, 0.3) is 0 Å². The first-order valence-electron chi connectivity index (χ1n) is 6.98. The number of aldehydes is 1. The molecule has 4 heteroatoms. The van der Waals surface area contributed by atoms with E-state index in [1.165, 1.54) is 0 Å². The summed E-state index contributed by atoms with van der Waals surface area (Å²) in [5, 5.41) is 10.1. The van der Waals surface area contributed by atoms with Gasteiger partial charge in [0.15, 0.2) is 0 Å². The van der Waals surface area contributed by atoms with Crippen LogP contribution in [0.3, 0.4) is 0 Å². The van der Waals surface area contributed by atoms with Crippen LogP contribution < -0.4 is 0 Å². The zero-order valence-electron chi connectivity index (χ0n) is 11.4. The van der Waals surface area contributed by atoms with Gasteiger partial charge in [-0.15, -0.1) is 0 Å². The van der Waals surface area contributed by atoms with E-state index in [1.54, 1.807) is 0 Å². The van der Waals surface area contributed by atoms with E-state index >= 15 is 0 Å². The molecule has 1 heterocycles. The van der Waals surface area contributed by atoms with Crippen LogP contribution in [-0.2, 0) is 14.3 Å². The topological polar surface area (TPSA) is 63.6 Å². The lowest BCUT2D eigenvalue weighted by molar-refractivity contribution is -0.163. The van der Waals surface area contributed by atoms with Crippen LogP contribution in [0.25, 0.3) is 0 Å². The van der Waals surface area contributed by atoms with E-state index in [9.17, 15) is 14.7 Å². The highest BCUT2D eigenvalue weighted by atomic mass is 16.6. The maximum atomic E-state index is 12.4. The van der Waals surface area contributed by atoms with Crippen LogP contribution in [0.2, 0.25) is 0 Å². The van der Waals surface area contributed by atoms with Gasteiger partial charge in [0, 0.05) is 0 Å². The maximum Gasteiger partial charge on any atom is 0.315 e. The number of hydrogen-bond acceptors (Lipinski definition) is 4. The summed E-state index contributed by atoms with van der Waals surface area (Å²) in [6, 6.07) is 0. The number of allylic oxidation sites excluding steroid dienone is 1. The molecule has 1 saturated heterocycles. The van der Waals surface area contributed by atoms with Crippen molar-refractivity contribution in [2.24, 2.45) is 22.7 Å². The Morgan fingerprint density at radius 2 is 2.16 bits per heavy atom. The minimum Gasteiger partial charge on any atom is -0.435 e. The van der Waals surface area contributed by atoms with Gasteiger partial charge in [0.2, 0.25) is 6.29 Å². The molecule has 4 atom stereocenters. The summed E-state index contributed by atoms with van der Waals surface area (Å²) in [4.78, 5) is 23.6. The fourth-order valence-electron chi connectivity index (χ4n) is 4.66. The second kappa shape index (κ2) is 3.92. The first-order chi connectivity index (χ1) is 8.93. The van der Waals surface area contributed by atoms with Gasteiger partial charge in [-0.2, -0.15) is 0 Å². The summed E-state index contributed by atoms with van der Waals surface area (Å²) in [5.41, 5.74) is -0.122. The molecule has 2 fully saturated rings. The third-order valence-corrected chi connectivity index (χ3v) is 5.51. The third-order valence-electron chi connectivity index (χ3n) is 5.51. The predicted octanol–water partition coefficient (Wildman–Crippen LogP) is 1.82. The van der Waals surface area contributed by atoms with Crippen molar-refractivity contribution in [2.75, 3.05) is 0 Å². The van der Waals surface area contributed by atoms with Crippen molar-refractivity contribution in [3.8, 4) is 0 Å². The summed E-state index contributed by atoms with van der Waals surface area (Å²) in [5.74, 6) is -0.641. The molecule has 4 nitrogen and oxygen atoms in total. The van der Waals surface area contributed by atoms with Crippen LogP contribution in [0.1, 0.15) is 39.5 Å². The Morgan fingerprint density at radius 1 is 1.42 bits per heavy atom. The SMILES string of the molecule is CC1(C)CCC[C@@]23C(=O)O[C@H](O)[C@@H]2C(C=O)=CC[C@@H]13. The predicted molar refractivity (Wildman–Crippen MR) is 67.9 cm³/mol. The second-order valence-electron chi connectivity index (χ2n) is 6.77. The number of hydrogen-bond donors (Lipinski definition) is 1. The van der Waals surface area contributed by atoms with Crippen LogP contribution >= 0.6 is 0 Å². The molecule has 0 amide bonds. The molecular weight excluding hydrogens is 244 g/mol. The molecule has 2 aliphatic carbocycles. The zero-order valence-corrected chi connectivity index (χ0v) is 11.4. The molecule has 19 heavy (non-hydrogen) atoms. The highest BCUT2D eigenvalue weighted by molar-refractivity contribution is 5.86. The molecule has 1 spiro atoms. The first-order valence-corrected chi connectivity index (χ1v) is 6.98. The smallest absolute Gasteiger partial charge is 0.315 e. The van der Waals surface area contributed by atoms with Crippen LogP contribution in [0.15, 0.2) is 11.6 Å². The Morgan fingerprint density at radius 3 is 2.84 bits per heavy atom. The van der Waals surface area contributed by atoms with E-state index in [1.807, 2.05) is 6.08 Å². The summed E-state index contributed by atoms with van der Waals surface area (Å²) in [6.45, 7) is 4.35. The molecule has 1 N–H and O–H groups in total. The Kier molecular flexibility index (Phi) is 2.65. The van der Waals surface area contributed by atoms with Crippen molar-refractivity contribution in [2.45, 2.75) is 45.8 Å². The van der Waals surface area contributed by atoms with Gasteiger partial charge in [-0.25, -0.2) is 0 Å². The van der Waals surface area contributed by atoms with Crippen LogP contribution in [0, 0.1) is 22.7 Å². The standard InChI is InChI=1S/C15H20O4/c1-14(2)6-3-7-15-10(14)5-4-9(8-16)11(15)12(17)19-13(15)18/h4,8,10-12,17H,3,5-7H2,1-2H3/t10-,11-,12-,15-/m0/s1. The Bertz CT molecular complexity index is 465. The van der Waals surface area contributed by atoms with Gasteiger partial charge in [-0.1, -0.05) is 26.3 Å². The lowest BCUT2D eigenvalue weighted by Gasteiger charge is -2.52. The third kappa shape index (κ3) is 1.49. The molecule has 0 aromatic heterocycles. The number of aliphatic hydroxyl groups excluding tert-OH is 1. The molecule has 0 radical (unpaired) electrons. The molecule has 0 bridgehead atoms. The van der Waals surface area contributed by atoms with Crippen molar-refractivity contribution < 1.29 is 19.4 Å². The molecule has 104 valence electrons. The van der Waals surface area contributed by atoms with E-state index in [4.69, 9.17) is 4.74 Å². The Balaban J connectivity index is 2.16. The van der Waals surface area contributed by atoms with E-state index in [0.29, 0.717) is 12.0 Å². The molecule has 0 unspecified atom stereocenters. The van der Waals surface area contributed by atoms with Gasteiger partial charge < -0.3 is 9.84 Å². The minimum absolute atomic E-state index is 0.0322. The van der Waals surface area contributed by atoms with Crippen LogP contribution in [0.5, 0.6) is 0 Å². The lowest BCUT2D eigenvalue weighted by Crippen LogP contribution is -2.52. The average Bonchev–Trinajstić information content (AvgIpc) is 2.60. The molecular formula is C15H20O4. The maximum absolute atomic E-state index is 12.4. The lowest BCUT2D eigenvalue weighted by atomic mass is 9.48. The highest BCUT2D eigenvalue weighted by Crippen LogP contribution is 2.63. The molecule has 0 aromatic carbocycles. The van der Waals surface area contributed by atoms with Crippen molar-refractivity contribution in [3.05, 3.63) is 11.6 Å². The molecule has 0 aromatic rings. The molecule has 3 aliphatic rings. The van der Waals surface area contributed by atoms with Gasteiger partial charge in [-0.3, -0.25) is 9.59 Å². The van der Waals surface area contributed by atoms with E-state index < -0.39 is 17.6 Å². The van der Waals surface area contributed by atoms with Crippen LogP contribution in [-0.4, -0.2) is 23.7 Å². The largest absolute Gasteiger partial charge is 0.435 e. The number of carbonyl (C=O) groups excluding carboxylic acids is 2. The Labute approximate surface area is 112 Å². The van der Waals surface area contributed by atoms with Crippen molar-refractivity contribution in [1.82, 2.24) is 0 Å². The van der Waals surface area contributed by atoms with Crippen molar-refractivity contribution >= 4 is 12.3 Å². The summed E-state index contributed by atoms with van der Waals surface area (Å²) >= 11 is 0. The fourth-order valence-corrected chi connectivity index (χ4v) is 4.66. The van der Waals surface area contributed by atoms with E-state index in [2.05, 4.69) is 13.8 Å². The number of esters is 1. The van der Waals surface area contributed by atoms with Gasteiger partial charge in [0.1, 0.15) is 6.29 Å². The quantitative estimate of drug-likeness (QED) is 0.579. The molecule has 1 aliphatic heterocycles. The Hall–Kier alpha value is -1.16. The summed E-state index contributed by atoms with van der Waals surface area (Å²) in [6.07, 6.45) is 4.94. The summed E-state index contributed by atoms with van der Waals surface area (Å²) in [7, 11) is 0. The van der Waals surface area contributed by atoms with E-state index in [-0.39, 0.29) is 17.3 Å². The minimum atomic E-state index is -1.17. The number of ether oxygens (including phenoxy) is 1. The average molecular weight is 264 g/mol. The zero-order chi connectivity index (χ0) is 13.8. The monoisotopic (exact) mass is 264 g/mol. The number of aliphatic hydroxyl groups is 1. The number of carbonyl (C=O) groups is 2. The molecule has 1 saturated carbocycles. The second-order valence-corrected chi connectivity index (χ2v) is 6.77. The van der Waals surface area contributed by atoms with Crippen molar-refractivity contribution in [3.63, 3.8) is 0 Å². The molecule has 3 rings (SSSR count). The van der Waals surface area contributed by atoms with Crippen LogP contribution in [0.4, 0.5) is 0 Å². The van der Waals surface area contributed by atoms with E-state index in [0.717, 1.165) is 25.5 Å².